The molecular weight excluding hydrogens is 723 g/mol. The SMILES string of the molecule is CCCCCCCCC(CC)OC(=O)CCCCCCCN(CCCCCCCC(=O)OC(CCCCCCCC)CCCCCCCC)CCN=C(N)C=C(N)N. The van der Waals surface area contributed by atoms with Crippen LogP contribution in [0.3, 0.4) is 0 Å². The number of carbonyl (C=O) groups excluding carboxylic acids is 2. The Labute approximate surface area is 359 Å². The topological polar surface area (TPSA) is 146 Å². The average molecular weight is 820 g/mol. The van der Waals surface area contributed by atoms with Crippen molar-refractivity contribution in [2.45, 2.75) is 258 Å². The van der Waals surface area contributed by atoms with E-state index in [1.54, 1.807) is 0 Å². The fourth-order valence-corrected chi connectivity index (χ4v) is 7.70. The Hall–Kier alpha value is -2.29. The van der Waals surface area contributed by atoms with Crippen LogP contribution in [0.25, 0.3) is 0 Å². The molecular formula is C49H97N5O4. The van der Waals surface area contributed by atoms with Crippen LogP contribution in [-0.4, -0.2) is 61.1 Å². The molecule has 0 heterocycles. The standard InChI is InChI=1S/C49H97N5O4/c1-5-9-12-15-20-27-34-44(8-4)57-48(55)37-30-23-18-25-32-40-54(42-39-53-47(52)43-46(50)51)41-33-26-19-24-31-38-49(56)58-45(35-28-21-16-13-10-6-2)36-29-22-17-14-11-7-3/h43-45H,5-42,50-51H2,1-4H3,(H2,52,53). The molecule has 0 bridgehead atoms. The van der Waals surface area contributed by atoms with Gasteiger partial charge in [-0.2, -0.15) is 0 Å². The first-order valence-corrected chi connectivity index (χ1v) is 24.9. The highest BCUT2D eigenvalue weighted by Crippen LogP contribution is 2.19. The number of nitrogens with two attached hydrogens (primary N) is 3. The summed E-state index contributed by atoms with van der Waals surface area (Å²) >= 11 is 0. The van der Waals surface area contributed by atoms with Crippen LogP contribution in [0.1, 0.15) is 246 Å². The van der Waals surface area contributed by atoms with E-state index in [2.05, 4.69) is 37.6 Å². The van der Waals surface area contributed by atoms with Crippen molar-refractivity contribution < 1.29 is 19.1 Å². The third-order valence-electron chi connectivity index (χ3n) is 11.4. The summed E-state index contributed by atoms with van der Waals surface area (Å²) in [5.41, 5.74) is 17.1. The lowest BCUT2D eigenvalue weighted by Gasteiger charge is -2.21. The van der Waals surface area contributed by atoms with Crippen LogP contribution < -0.4 is 17.2 Å². The first-order valence-electron chi connectivity index (χ1n) is 24.9. The van der Waals surface area contributed by atoms with Crippen LogP contribution in [0.5, 0.6) is 0 Å². The van der Waals surface area contributed by atoms with Crippen molar-refractivity contribution in [2.24, 2.45) is 22.2 Å². The summed E-state index contributed by atoms with van der Waals surface area (Å²) in [6.45, 7) is 12.4. The Balaban J connectivity index is 4.50. The van der Waals surface area contributed by atoms with Gasteiger partial charge in [-0.05, 0) is 83.7 Å². The summed E-state index contributed by atoms with van der Waals surface area (Å²) in [7, 11) is 0. The van der Waals surface area contributed by atoms with Crippen LogP contribution in [0.4, 0.5) is 0 Å². The second kappa shape index (κ2) is 42.8. The first-order chi connectivity index (χ1) is 28.2. The van der Waals surface area contributed by atoms with Crippen molar-refractivity contribution in [3.63, 3.8) is 0 Å². The Morgan fingerprint density at radius 2 is 0.845 bits per heavy atom. The zero-order valence-electron chi connectivity index (χ0n) is 38.9. The van der Waals surface area contributed by atoms with Gasteiger partial charge in [0.15, 0.2) is 0 Å². The first kappa shape index (κ1) is 55.7. The molecule has 0 aliphatic rings. The number of ether oxygens (including phenoxy) is 2. The molecule has 6 N–H and O–H groups in total. The quantitative estimate of drug-likeness (QED) is 0.0238. The largest absolute Gasteiger partial charge is 0.462 e. The fourth-order valence-electron chi connectivity index (χ4n) is 7.70. The number of esters is 2. The van der Waals surface area contributed by atoms with Gasteiger partial charge in [0, 0.05) is 25.5 Å². The number of amidine groups is 1. The van der Waals surface area contributed by atoms with E-state index in [4.69, 9.17) is 26.7 Å². The molecule has 342 valence electrons. The van der Waals surface area contributed by atoms with Gasteiger partial charge in [0.05, 0.1) is 12.4 Å². The Morgan fingerprint density at radius 1 is 0.483 bits per heavy atom. The minimum Gasteiger partial charge on any atom is -0.462 e. The number of unbranched alkanes of at least 4 members (excludes halogenated alkanes) is 23. The summed E-state index contributed by atoms with van der Waals surface area (Å²) in [6.07, 6.45) is 40.3. The number of hydrogen-bond acceptors (Lipinski definition) is 8. The molecule has 9 heteroatoms. The molecule has 58 heavy (non-hydrogen) atoms. The van der Waals surface area contributed by atoms with E-state index >= 15 is 0 Å². The van der Waals surface area contributed by atoms with Crippen LogP contribution in [0.2, 0.25) is 0 Å². The third kappa shape index (κ3) is 39.2. The maximum atomic E-state index is 12.8. The second-order valence-electron chi connectivity index (χ2n) is 17.1. The van der Waals surface area contributed by atoms with Gasteiger partial charge in [0.2, 0.25) is 0 Å². The molecule has 0 spiro atoms. The average Bonchev–Trinajstić information content (AvgIpc) is 3.19. The van der Waals surface area contributed by atoms with E-state index in [1.165, 1.54) is 115 Å². The molecule has 0 aromatic rings. The molecule has 0 aromatic heterocycles. The van der Waals surface area contributed by atoms with Gasteiger partial charge >= 0.3 is 11.9 Å². The third-order valence-corrected chi connectivity index (χ3v) is 11.4. The van der Waals surface area contributed by atoms with Crippen LogP contribution in [0.15, 0.2) is 16.9 Å². The number of aliphatic imine (C=N–C) groups is 1. The van der Waals surface area contributed by atoms with Gasteiger partial charge in [0.25, 0.3) is 0 Å². The van der Waals surface area contributed by atoms with Crippen LogP contribution in [-0.2, 0) is 19.1 Å². The molecule has 0 aliphatic heterocycles. The Bertz CT molecular complexity index is 970. The van der Waals surface area contributed by atoms with E-state index in [1.807, 2.05) is 0 Å². The molecule has 0 amide bonds. The molecule has 0 saturated carbocycles. The van der Waals surface area contributed by atoms with E-state index in [0.717, 1.165) is 116 Å². The van der Waals surface area contributed by atoms with Crippen molar-refractivity contribution in [3.05, 3.63) is 11.9 Å². The Morgan fingerprint density at radius 3 is 1.26 bits per heavy atom. The summed E-state index contributed by atoms with van der Waals surface area (Å²) in [5.74, 6) is 0.504. The lowest BCUT2D eigenvalue weighted by Crippen LogP contribution is -2.29. The van der Waals surface area contributed by atoms with Crippen molar-refractivity contribution in [1.82, 2.24) is 4.90 Å². The van der Waals surface area contributed by atoms with E-state index < -0.39 is 0 Å². The van der Waals surface area contributed by atoms with Gasteiger partial charge in [-0.1, -0.05) is 163 Å². The maximum absolute atomic E-state index is 12.8. The predicted molar refractivity (Wildman–Crippen MR) is 249 cm³/mol. The molecule has 0 radical (unpaired) electrons. The smallest absolute Gasteiger partial charge is 0.306 e. The molecule has 0 rings (SSSR count). The summed E-state index contributed by atoms with van der Waals surface area (Å²) in [6, 6.07) is 0. The Kier molecular flexibility index (Phi) is 41.1. The molecule has 9 nitrogen and oxygen atoms in total. The highest BCUT2D eigenvalue weighted by Gasteiger charge is 2.15. The predicted octanol–water partition coefficient (Wildman–Crippen LogP) is 12.6. The van der Waals surface area contributed by atoms with E-state index in [0.29, 0.717) is 25.2 Å². The second-order valence-corrected chi connectivity index (χ2v) is 17.1. The monoisotopic (exact) mass is 820 g/mol. The lowest BCUT2D eigenvalue weighted by atomic mass is 10.0. The van der Waals surface area contributed by atoms with Gasteiger partial charge in [-0.15, -0.1) is 0 Å². The van der Waals surface area contributed by atoms with Gasteiger partial charge < -0.3 is 31.6 Å². The lowest BCUT2D eigenvalue weighted by molar-refractivity contribution is -0.150. The van der Waals surface area contributed by atoms with E-state index in [9.17, 15) is 9.59 Å². The zero-order valence-corrected chi connectivity index (χ0v) is 38.9. The minimum atomic E-state index is -0.0266. The fraction of sp³-hybridized carbons (Fsp3) is 0.898. The highest BCUT2D eigenvalue weighted by molar-refractivity contribution is 5.91. The van der Waals surface area contributed by atoms with Crippen molar-refractivity contribution in [1.29, 1.82) is 0 Å². The van der Waals surface area contributed by atoms with Gasteiger partial charge in [-0.25, -0.2) is 0 Å². The number of carbonyl (C=O) groups is 2. The van der Waals surface area contributed by atoms with Crippen molar-refractivity contribution in [3.8, 4) is 0 Å². The normalized spacial score (nSPS) is 12.3. The summed E-state index contributed by atoms with van der Waals surface area (Å²) in [5, 5.41) is 0. The molecule has 0 aromatic carbocycles. The van der Waals surface area contributed by atoms with Crippen molar-refractivity contribution >= 4 is 17.8 Å². The van der Waals surface area contributed by atoms with E-state index in [-0.39, 0.29) is 30.0 Å². The minimum absolute atomic E-state index is 0.00285. The van der Waals surface area contributed by atoms with Gasteiger partial charge in [-0.3, -0.25) is 14.6 Å². The summed E-state index contributed by atoms with van der Waals surface area (Å²) in [4.78, 5) is 32.2. The number of rotatable bonds is 44. The highest BCUT2D eigenvalue weighted by atomic mass is 16.5. The van der Waals surface area contributed by atoms with Gasteiger partial charge in [0.1, 0.15) is 18.0 Å². The number of hydrogen-bond donors (Lipinski definition) is 3. The maximum Gasteiger partial charge on any atom is 0.306 e. The summed E-state index contributed by atoms with van der Waals surface area (Å²) < 4.78 is 11.9. The van der Waals surface area contributed by atoms with Crippen LogP contribution >= 0.6 is 0 Å². The molecule has 1 unspecified atom stereocenters. The molecule has 0 saturated heterocycles. The number of nitrogens with zero attached hydrogens (tertiary/aromatic N) is 2. The molecule has 0 fully saturated rings. The zero-order chi connectivity index (χ0) is 42.7. The van der Waals surface area contributed by atoms with Crippen LogP contribution in [0, 0.1) is 0 Å². The molecule has 0 aliphatic carbocycles. The van der Waals surface area contributed by atoms with Crippen molar-refractivity contribution in [2.75, 3.05) is 26.2 Å². The molecule has 1 atom stereocenters.